The molecule has 2 heterocycles. The molecular formula is C21H19ClN2O2. The van der Waals surface area contributed by atoms with Crippen LogP contribution in [0, 0.1) is 0 Å². The third-order valence-electron chi connectivity index (χ3n) is 4.30. The van der Waals surface area contributed by atoms with Gasteiger partial charge in [-0.25, -0.2) is 0 Å². The van der Waals surface area contributed by atoms with Crippen LogP contribution in [-0.4, -0.2) is 32.5 Å². The Hall–Kier alpha value is -2.56. The van der Waals surface area contributed by atoms with Crippen LogP contribution in [0.15, 0.2) is 70.1 Å². The summed E-state index contributed by atoms with van der Waals surface area (Å²) in [4.78, 5) is 6.82. The molecule has 0 aliphatic carbocycles. The van der Waals surface area contributed by atoms with E-state index < -0.39 is 0 Å². The highest BCUT2D eigenvalue weighted by Crippen LogP contribution is 2.25. The number of morpholine rings is 1. The van der Waals surface area contributed by atoms with Crippen molar-refractivity contribution in [2.75, 3.05) is 31.2 Å². The number of hydrogen-bond acceptors (Lipinski definition) is 4. The van der Waals surface area contributed by atoms with Crippen LogP contribution in [0.4, 0.5) is 11.4 Å². The van der Waals surface area contributed by atoms with Gasteiger partial charge >= 0.3 is 0 Å². The number of hydrogen-bond donors (Lipinski definition) is 0. The molecule has 132 valence electrons. The molecule has 5 heteroatoms. The van der Waals surface area contributed by atoms with Gasteiger partial charge in [-0.3, -0.25) is 4.99 Å². The number of rotatable bonds is 4. The molecule has 0 spiro atoms. The average Bonchev–Trinajstić information content (AvgIpc) is 3.17. The minimum absolute atomic E-state index is 0.689. The van der Waals surface area contributed by atoms with Gasteiger partial charge in [0.15, 0.2) is 0 Å². The molecule has 26 heavy (non-hydrogen) atoms. The van der Waals surface area contributed by atoms with Gasteiger partial charge in [0.25, 0.3) is 0 Å². The molecule has 0 unspecified atom stereocenters. The molecule has 1 saturated heterocycles. The summed E-state index contributed by atoms with van der Waals surface area (Å²) in [6.07, 6.45) is 1.73. The maximum absolute atomic E-state index is 6.03. The summed E-state index contributed by atoms with van der Waals surface area (Å²) < 4.78 is 11.2. The molecule has 4 rings (SSSR count). The van der Waals surface area contributed by atoms with Crippen molar-refractivity contribution >= 4 is 29.2 Å². The van der Waals surface area contributed by atoms with Gasteiger partial charge in [0, 0.05) is 29.4 Å². The highest BCUT2D eigenvalue weighted by Gasteiger charge is 2.10. The molecule has 4 nitrogen and oxygen atoms in total. The molecule has 0 saturated carbocycles. The lowest BCUT2D eigenvalue weighted by Gasteiger charge is -2.28. The zero-order chi connectivity index (χ0) is 17.8. The number of anilines is 1. The predicted molar refractivity (Wildman–Crippen MR) is 106 cm³/mol. The summed E-state index contributed by atoms with van der Waals surface area (Å²) >= 11 is 6.03. The molecular weight excluding hydrogens is 348 g/mol. The van der Waals surface area contributed by atoms with Crippen molar-refractivity contribution in [1.29, 1.82) is 0 Å². The van der Waals surface area contributed by atoms with Gasteiger partial charge in [0.2, 0.25) is 0 Å². The van der Waals surface area contributed by atoms with Crippen molar-refractivity contribution in [1.82, 2.24) is 0 Å². The van der Waals surface area contributed by atoms with Crippen LogP contribution in [-0.2, 0) is 4.74 Å². The minimum atomic E-state index is 0.689. The van der Waals surface area contributed by atoms with Crippen LogP contribution in [0.25, 0.3) is 11.3 Å². The molecule has 1 aliphatic rings. The van der Waals surface area contributed by atoms with E-state index in [2.05, 4.69) is 22.0 Å². The first-order chi connectivity index (χ1) is 12.8. The molecule has 3 aromatic rings. The van der Waals surface area contributed by atoms with E-state index >= 15 is 0 Å². The molecule has 0 bridgehead atoms. The number of benzene rings is 2. The van der Waals surface area contributed by atoms with Crippen LogP contribution in [0.3, 0.4) is 0 Å². The normalized spacial score (nSPS) is 14.9. The van der Waals surface area contributed by atoms with Crippen molar-refractivity contribution in [3.05, 3.63) is 71.4 Å². The molecule has 2 aromatic carbocycles. The largest absolute Gasteiger partial charge is 0.455 e. The summed E-state index contributed by atoms with van der Waals surface area (Å²) in [5.41, 5.74) is 3.04. The Bertz CT molecular complexity index is 896. The van der Waals surface area contributed by atoms with Crippen LogP contribution in [0.5, 0.6) is 0 Å². The van der Waals surface area contributed by atoms with Gasteiger partial charge in [0.1, 0.15) is 11.5 Å². The highest BCUT2D eigenvalue weighted by atomic mass is 35.5. The maximum atomic E-state index is 6.03. The monoisotopic (exact) mass is 366 g/mol. The van der Waals surface area contributed by atoms with Gasteiger partial charge in [-0.1, -0.05) is 23.7 Å². The second-order valence-electron chi connectivity index (χ2n) is 6.09. The van der Waals surface area contributed by atoms with Crippen molar-refractivity contribution in [2.24, 2.45) is 4.99 Å². The van der Waals surface area contributed by atoms with E-state index in [0.29, 0.717) is 10.8 Å². The summed E-state index contributed by atoms with van der Waals surface area (Å²) in [5.74, 6) is 1.48. The van der Waals surface area contributed by atoms with E-state index in [0.717, 1.165) is 43.3 Å². The molecule has 0 radical (unpaired) electrons. The van der Waals surface area contributed by atoms with E-state index in [1.165, 1.54) is 5.69 Å². The van der Waals surface area contributed by atoms with Gasteiger partial charge in [-0.15, -0.1) is 0 Å². The summed E-state index contributed by atoms with van der Waals surface area (Å²) in [6, 6.07) is 19.7. The van der Waals surface area contributed by atoms with Crippen LogP contribution >= 0.6 is 11.6 Å². The Balaban J connectivity index is 1.45. The Kier molecular flexibility index (Phi) is 5.04. The van der Waals surface area contributed by atoms with E-state index in [-0.39, 0.29) is 0 Å². The Labute approximate surface area is 157 Å². The first-order valence-electron chi connectivity index (χ1n) is 8.60. The summed E-state index contributed by atoms with van der Waals surface area (Å²) in [6.45, 7) is 3.43. The van der Waals surface area contributed by atoms with Gasteiger partial charge in [0.05, 0.1) is 25.1 Å². The van der Waals surface area contributed by atoms with Crippen molar-refractivity contribution < 1.29 is 9.15 Å². The Morgan fingerprint density at radius 1 is 0.962 bits per heavy atom. The molecule has 0 amide bonds. The predicted octanol–water partition coefficient (Wildman–Crippen LogP) is 5.19. The first-order valence-corrected chi connectivity index (χ1v) is 8.98. The smallest absolute Gasteiger partial charge is 0.145 e. The number of ether oxygens (including phenoxy) is 1. The number of furan rings is 1. The minimum Gasteiger partial charge on any atom is -0.455 e. The number of aliphatic imine (C=N–C) groups is 1. The fourth-order valence-electron chi connectivity index (χ4n) is 2.93. The molecule has 1 aliphatic heterocycles. The van der Waals surface area contributed by atoms with Crippen LogP contribution in [0.1, 0.15) is 5.76 Å². The topological polar surface area (TPSA) is 38.0 Å². The lowest BCUT2D eigenvalue weighted by atomic mass is 10.2. The fourth-order valence-corrected chi connectivity index (χ4v) is 3.12. The average molecular weight is 367 g/mol. The van der Waals surface area contributed by atoms with Crippen molar-refractivity contribution in [2.45, 2.75) is 0 Å². The summed E-state index contributed by atoms with van der Waals surface area (Å²) in [5, 5.41) is 0.689. The quantitative estimate of drug-likeness (QED) is 0.596. The van der Waals surface area contributed by atoms with E-state index in [9.17, 15) is 0 Å². The molecule has 1 fully saturated rings. The number of nitrogens with zero attached hydrogens (tertiary/aromatic N) is 2. The molecule has 0 N–H and O–H groups in total. The summed E-state index contributed by atoms with van der Waals surface area (Å²) in [7, 11) is 0. The second-order valence-corrected chi connectivity index (χ2v) is 6.52. The highest BCUT2D eigenvalue weighted by molar-refractivity contribution is 6.30. The maximum Gasteiger partial charge on any atom is 0.145 e. The van der Waals surface area contributed by atoms with Crippen LogP contribution < -0.4 is 4.90 Å². The first kappa shape index (κ1) is 16.9. The zero-order valence-corrected chi connectivity index (χ0v) is 15.0. The van der Waals surface area contributed by atoms with Gasteiger partial charge in [-0.2, -0.15) is 0 Å². The van der Waals surface area contributed by atoms with E-state index in [1.807, 2.05) is 48.5 Å². The van der Waals surface area contributed by atoms with E-state index in [1.54, 1.807) is 6.21 Å². The zero-order valence-electron chi connectivity index (χ0n) is 14.3. The SMILES string of the molecule is Clc1cccc(-c2ccc(C=Nc3ccc(N4CCOCC4)cc3)o2)c1. The fraction of sp³-hybridized carbons (Fsp3) is 0.190. The van der Waals surface area contributed by atoms with Crippen molar-refractivity contribution in [3.63, 3.8) is 0 Å². The third kappa shape index (κ3) is 3.98. The second kappa shape index (κ2) is 7.77. The van der Waals surface area contributed by atoms with Crippen LogP contribution in [0.2, 0.25) is 5.02 Å². The molecule has 1 aromatic heterocycles. The Morgan fingerprint density at radius 2 is 1.77 bits per heavy atom. The Morgan fingerprint density at radius 3 is 2.54 bits per heavy atom. The van der Waals surface area contributed by atoms with E-state index in [4.69, 9.17) is 20.8 Å². The number of halogens is 1. The standard InChI is InChI=1S/C21H19ClN2O2/c22-17-3-1-2-16(14-17)21-9-8-20(26-21)15-23-18-4-6-19(7-5-18)24-10-12-25-13-11-24/h1-9,14-15H,10-13H2. The van der Waals surface area contributed by atoms with Crippen molar-refractivity contribution in [3.8, 4) is 11.3 Å². The lowest BCUT2D eigenvalue weighted by Crippen LogP contribution is -2.36. The van der Waals surface area contributed by atoms with Gasteiger partial charge in [-0.05, 0) is 48.5 Å². The lowest BCUT2D eigenvalue weighted by molar-refractivity contribution is 0.122. The van der Waals surface area contributed by atoms with Gasteiger partial charge < -0.3 is 14.1 Å². The molecule has 0 atom stereocenters. The third-order valence-corrected chi connectivity index (χ3v) is 4.54.